The van der Waals surface area contributed by atoms with Gasteiger partial charge in [0.2, 0.25) is 0 Å². The Hall–Kier alpha value is -2.89. The second-order valence-electron chi connectivity index (χ2n) is 19.9. The molecular weight excluding hydrogens is 853 g/mol. The third-order valence-corrected chi connectivity index (χ3v) is 13.0. The van der Waals surface area contributed by atoms with Crippen molar-refractivity contribution in [3.05, 3.63) is 60.8 Å². The topological polar surface area (TPSA) is 78.9 Å². The van der Waals surface area contributed by atoms with E-state index in [0.29, 0.717) is 19.3 Å². The van der Waals surface area contributed by atoms with Gasteiger partial charge in [0.15, 0.2) is 6.10 Å². The Morgan fingerprint density at radius 3 is 0.884 bits per heavy atom. The second-order valence-corrected chi connectivity index (χ2v) is 19.9. The molecule has 0 N–H and O–H groups in total. The largest absolute Gasteiger partial charge is 0.462 e. The molecule has 1 unspecified atom stereocenters. The van der Waals surface area contributed by atoms with Gasteiger partial charge >= 0.3 is 17.9 Å². The molecule has 6 heteroatoms. The van der Waals surface area contributed by atoms with Gasteiger partial charge in [0.1, 0.15) is 13.2 Å². The number of allylic oxidation sites excluding steroid dienone is 10. The lowest BCUT2D eigenvalue weighted by atomic mass is 10.0. The van der Waals surface area contributed by atoms with E-state index < -0.39 is 6.10 Å². The summed E-state index contributed by atoms with van der Waals surface area (Å²) in [4.78, 5) is 38.0. The van der Waals surface area contributed by atoms with Gasteiger partial charge in [-0.2, -0.15) is 0 Å². The van der Waals surface area contributed by atoms with Gasteiger partial charge < -0.3 is 14.2 Å². The van der Waals surface area contributed by atoms with Crippen LogP contribution in [0.25, 0.3) is 0 Å². The van der Waals surface area contributed by atoms with Crippen molar-refractivity contribution in [2.24, 2.45) is 0 Å². The summed E-state index contributed by atoms with van der Waals surface area (Å²) in [5.74, 6) is -0.882. The Morgan fingerprint density at radius 1 is 0.304 bits per heavy atom. The highest BCUT2D eigenvalue weighted by Crippen LogP contribution is 2.16. The Labute approximate surface area is 428 Å². The van der Waals surface area contributed by atoms with Crippen molar-refractivity contribution in [2.45, 2.75) is 309 Å². The predicted octanol–water partition coefficient (Wildman–Crippen LogP) is 20.0. The number of hydrogen-bond donors (Lipinski definition) is 0. The molecule has 0 saturated carbocycles. The molecule has 0 spiro atoms. The molecule has 0 heterocycles. The van der Waals surface area contributed by atoms with Crippen LogP contribution in [0.3, 0.4) is 0 Å². The molecule has 6 nitrogen and oxygen atoms in total. The number of esters is 3. The van der Waals surface area contributed by atoms with Gasteiger partial charge in [-0.25, -0.2) is 0 Å². The molecule has 0 aliphatic heterocycles. The number of ether oxygens (including phenoxy) is 3. The third kappa shape index (κ3) is 55.9. The predicted molar refractivity (Wildman–Crippen MR) is 298 cm³/mol. The highest BCUT2D eigenvalue weighted by atomic mass is 16.6. The molecule has 0 aliphatic carbocycles. The van der Waals surface area contributed by atoms with Crippen molar-refractivity contribution >= 4 is 17.9 Å². The molecule has 0 fully saturated rings. The monoisotopic (exact) mass is 965 g/mol. The first-order valence-corrected chi connectivity index (χ1v) is 29.8. The van der Waals surface area contributed by atoms with Crippen LogP contribution in [0.15, 0.2) is 60.8 Å². The number of unbranched alkanes of at least 4 members (excludes halogenated alkanes) is 33. The van der Waals surface area contributed by atoms with Gasteiger partial charge in [-0.3, -0.25) is 14.4 Å². The standard InChI is InChI=1S/C63H112O6/c1-4-7-10-13-16-18-20-22-24-26-27-28-29-30-31-32-33-34-35-37-38-40-42-44-47-50-53-56-62(65)68-59-60(58-67-61(64)55-52-49-46-15-12-9-6-3)69-63(66)57-54-51-48-45-43-41-39-36-25-23-21-19-17-14-11-8-5-2/h8,11,17,19-20,22-23,25-27,60H,4-7,9-10,12-16,18,21,24,28-59H2,1-3H3/b11-8-,19-17-,22-20-,25-23-,27-26-. The Balaban J connectivity index is 4.10. The third-order valence-electron chi connectivity index (χ3n) is 13.0. The first kappa shape index (κ1) is 66.1. The average molecular weight is 966 g/mol. The number of carbonyl (C=O) groups excluding carboxylic acids is 3. The zero-order valence-corrected chi connectivity index (χ0v) is 45.8. The lowest BCUT2D eigenvalue weighted by Crippen LogP contribution is -2.30. The number of carbonyl (C=O) groups is 3. The van der Waals surface area contributed by atoms with E-state index >= 15 is 0 Å². The molecule has 0 bridgehead atoms. The van der Waals surface area contributed by atoms with Crippen LogP contribution in [0.5, 0.6) is 0 Å². The minimum Gasteiger partial charge on any atom is -0.462 e. The summed E-state index contributed by atoms with van der Waals surface area (Å²) in [5, 5.41) is 0. The fourth-order valence-corrected chi connectivity index (χ4v) is 8.55. The summed E-state index contributed by atoms with van der Waals surface area (Å²) in [5.41, 5.74) is 0. The number of rotatable bonds is 54. The summed E-state index contributed by atoms with van der Waals surface area (Å²) in [6.45, 7) is 6.49. The van der Waals surface area contributed by atoms with E-state index in [2.05, 4.69) is 81.5 Å². The van der Waals surface area contributed by atoms with Gasteiger partial charge in [0, 0.05) is 19.3 Å². The molecule has 0 radical (unpaired) electrons. The summed E-state index contributed by atoms with van der Waals surface area (Å²) in [7, 11) is 0. The van der Waals surface area contributed by atoms with Crippen LogP contribution in [0.4, 0.5) is 0 Å². The second kappa shape index (κ2) is 57.7. The van der Waals surface area contributed by atoms with E-state index in [0.717, 1.165) is 89.9 Å². The lowest BCUT2D eigenvalue weighted by Gasteiger charge is -2.18. The molecule has 0 rings (SSSR count). The molecule has 1 atom stereocenters. The molecular formula is C63H112O6. The molecule has 0 saturated heterocycles. The maximum atomic E-state index is 12.8. The normalized spacial score (nSPS) is 12.4. The van der Waals surface area contributed by atoms with E-state index in [9.17, 15) is 14.4 Å². The first-order valence-electron chi connectivity index (χ1n) is 29.8. The van der Waals surface area contributed by atoms with Crippen LogP contribution in [-0.4, -0.2) is 37.2 Å². The maximum Gasteiger partial charge on any atom is 0.306 e. The van der Waals surface area contributed by atoms with Crippen molar-refractivity contribution < 1.29 is 28.6 Å². The molecule has 0 aromatic rings. The van der Waals surface area contributed by atoms with Crippen molar-refractivity contribution in [1.29, 1.82) is 0 Å². The smallest absolute Gasteiger partial charge is 0.306 e. The molecule has 0 aromatic carbocycles. The van der Waals surface area contributed by atoms with E-state index in [1.807, 2.05) is 0 Å². The maximum absolute atomic E-state index is 12.8. The summed E-state index contributed by atoms with van der Waals surface area (Å²) in [6, 6.07) is 0. The SMILES string of the molecule is CC/C=C\C/C=C\C/C=C\CCCCCCCCCC(=O)OC(COC(=O)CCCCCCCCC)COC(=O)CCCCCCCCCCCCCCCCC/C=C\C/C=C\CCCCCCC. The van der Waals surface area contributed by atoms with Crippen molar-refractivity contribution in [1.82, 2.24) is 0 Å². The van der Waals surface area contributed by atoms with Gasteiger partial charge in [-0.05, 0) is 83.5 Å². The summed E-state index contributed by atoms with van der Waals surface area (Å²) < 4.78 is 16.8. The van der Waals surface area contributed by atoms with E-state index in [1.165, 1.54) is 173 Å². The van der Waals surface area contributed by atoms with E-state index in [1.54, 1.807) is 0 Å². The molecule has 400 valence electrons. The minimum absolute atomic E-state index is 0.0759. The highest BCUT2D eigenvalue weighted by molar-refractivity contribution is 5.71. The van der Waals surface area contributed by atoms with Gasteiger partial charge in [0.25, 0.3) is 0 Å². The Bertz CT molecular complexity index is 1250. The lowest BCUT2D eigenvalue weighted by molar-refractivity contribution is -0.167. The summed E-state index contributed by atoms with van der Waals surface area (Å²) in [6.07, 6.45) is 72.5. The zero-order valence-electron chi connectivity index (χ0n) is 45.8. The van der Waals surface area contributed by atoms with Crippen LogP contribution in [-0.2, 0) is 28.6 Å². The van der Waals surface area contributed by atoms with Gasteiger partial charge in [-0.15, -0.1) is 0 Å². The van der Waals surface area contributed by atoms with Crippen LogP contribution >= 0.6 is 0 Å². The summed E-state index contributed by atoms with van der Waals surface area (Å²) >= 11 is 0. The minimum atomic E-state index is -0.776. The van der Waals surface area contributed by atoms with E-state index in [-0.39, 0.29) is 31.1 Å². The zero-order chi connectivity index (χ0) is 50.0. The van der Waals surface area contributed by atoms with Crippen LogP contribution in [0.1, 0.15) is 303 Å². The highest BCUT2D eigenvalue weighted by Gasteiger charge is 2.19. The van der Waals surface area contributed by atoms with Crippen molar-refractivity contribution in [3.63, 3.8) is 0 Å². The van der Waals surface area contributed by atoms with Crippen LogP contribution in [0, 0.1) is 0 Å². The number of hydrogen-bond acceptors (Lipinski definition) is 6. The van der Waals surface area contributed by atoms with Gasteiger partial charge in [0.05, 0.1) is 0 Å². The molecule has 0 aliphatic rings. The fourth-order valence-electron chi connectivity index (χ4n) is 8.55. The Morgan fingerprint density at radius 2 is 0.565 bits per heavy atom. The average Bonchev–Trinajstić information content (AvgIpc) is 3.35. The van der Waals surface area contributed by atoms with Crippen LogP contribution < -0.4 is 0 Å². The van der Waals surface area contributed by atoms with E-state index in [4.69, 9.17) is 14.2 Å². The van der Waals surface area contributed by atoms with Crippen LogP contribution in [0.2, 0.25) is 0 Å². The van der Waals surface area contributed by atoms with Crippen molar-refractivity contribution in [2.75, 3.05) is 13.2 Å². The first-order chi connectivity index (χ1) is 34.0. The molecule has 69 heavy (non-hydrogen) atoms. The fraction of sp³-hybridized carbons (Fsp3) is 0.794. The molecule has 0 aromatic heterocycles. The quantitative estimate of drug-likeness (QED) is 0.0262. The van der Waals surface area contributed by atoms with Gasteiger partial charge in [-0.1, -0.05) is 261 Å². The molecule has 0 amide bonds. The Kier molecular flexibility index (Phi) is 55.3. The van der Waals surface area contributed by atoms with Crippen molar-refractivity contribution in [3.8, 4) is 0 Å².